The number of allylic oxidation sites excluding steroid dienone is 2. The van der Waals surface area contributed by atoms with Gasteiger partial charge >= 0.3 is 5.97 Å². The smallest absolute Gasteiger partial charge is 0.315 e. The van der Waals surface area contributed by atoms with E-state index in [-0.39, 0.29) is 46.0 Å². The third-order valence-corrected chi connectivity index (χ3v) is 17.3. The van der Waals surface area contributed by atoms with Crippen molar-refractivity contribution < 1.29 is 64.6 Å². The normalized spacial score (nSPS) is 54.9. The van der Waals surface area contributed by atoms with Crippen molar-refractivity contribution in [1.29, 1.82) is 0 Å². The van der Waals surface area contributed by atoms with Gasteiger partial charge in [-0.25, -0.2) is 0 Å². The van der Waals surface area contributed by atoms with Crippen LogP contribution in [-0.4, -0.2) is 128 Å². The largest absolute Gasteiger partial charge is 0.432 e. The quantitative estimate of drug-likeness (QED) is 0.111. The molecule has 2 aliphatic heterocycles. The lowest BCUT2D eigenvalue weighted by molar-refractivity contribution is -0.328. The van der Waals surface area contributed by atoms with Gasteiger partial charge in [-0.15, -0.1) is 0 Å². The maximum absolute atomic E-state index is 14.6. The fourth-order valence-electron chi connectivity index (χ4n) is 13.5. The van der Waals surface area contributed by atoms with E-state index < -0.39 is 90.9 Å². The summed E-state index contributed by atoms with van der Waals surface area (Å²) >= 11 is 0. The van der Waals surface area contributed by atoms with Crippen LogP contribution < -0.4 is 0 Å². The summed E-state index contributed by atoms with van der Waals surface area (Å²) in [6.45, 7) is 14.7. The highest BCUT2D eigenvalue weighted by Crippen LogP contribution is 2.76. The van der Waals surface area contributed by atoms with Gasteiger partial charge in [0, 0.05) is 5.41 Å². The molecule has 19 atom stereocenters. The van der Waals surface area contributed by atoms with E-state index >= 15 is 0 Å². The molecule has 7 rings (SSSR count). The molecule has 0 spiro atoms. The second kappa shape index (κ2) is 14.2. The van der Waals surface area contributed by atoms with Gasteiger partial charge in [0.05, 0.1) is 30.8 Å². The first-order valence-corrected chi connectivity index (χ1v) is 20.8. The highest BCUT2D eigenvalue weighted by molar-refractivity contribution is 5.79. The average molecular weight is 781 g/mol. The summed E-state index contributed by atoms with van der Waals surface area (Å²) in [5.41, 5.74) is -0.756. The van der Waals surface area contributed by atoms with Crippen LogP contribution in [0.1, 0.15) is 113 Å². The molecule has 8 N–H and O–H groups in total. The standard InChI is InChI=1S/C42H68O13/c1-21-28(45)30(47)32(49)34(52-21)54-27-11-12-38(4)25(39(27,5)20-44)10-13-41(7)26(38)9-8-22-23-18-37(2,3)14-16-42(23,17-15-40(22,41)6)36(51)55-35-33(50)31(48)29(46)24(19-43)53-35/h8,21,23-35,43-50H,9-20H2,1-7H3/t21-,23-,24+,25+,26+,27?,28-,29+,30+,31-,32+,33+,34-,35-,38-,39-,40+,41+,42-/m0/s1. The highest BCUT2D eigenvalue weighted by atomic mass is 16.7. The minimum absolute atomic E-state index is 0.0268. The van der Waals surface area contributed by atoms with Crippen LogP contribution in [0.3, 0.4) is 0 Å². The zero-order valence-corrected chi connectivity index (χ0v) is 33.8. The Morgan fingerprint density at radius 1 is 0.764 bits per heavy atom. The molecular weight excluding hydrogens is 712 g/mol. The number of hydrogen-bond donors (Lipinski definition) is 8. The van der Waals surface area contributed by atoms with E-state index in [1.807, 2.05) is 0 Å². The molecule has 0 aromatic rings. The van der Waals surface area contributed by atoms with E-state index in [0.717, 1.165) is 44.9 Å². The molecule has 0 aromatic heterocycles. The molecule has 1 unspecified atom stereocenters. The number of hydrogen-bond acceptors (Lipinski definition) is 13. The molecule has 4 saturated carbocycles. The third kappa shape index (κ3) is 6.15. The van der Waals surface area contributed by atoms with Crippen molar-refractivity contribution in [3.05, 3.63) is 11.6 Å². The summed E-state index contributed by atoms with van der Waals surface area (Å²) < 4.78 is 23.9. The van der Waals surface area contributed by atoms with Gasteiger partial charge in [-0.3, -0.25) is 4.79 Å². The number of fused-ring (bicyclic) bond motifs is 7. The Morgan fingerprint density at radius 3 is 2.09 bits per heavy atom. The van der Waals surface area contributed by atoms with Gasteiger partial charge in [0.2, 0.25) is 6.29 Å². The summed E-state index contributed by atoms with van der Waals surface area (Å²) in [5.74, 6) is -0.207. The maximum Gasteiger partial charge on any atom is 0.315 e. The average Bonchev–Trinajstić information content (AvgIpc) is 3.14. The molecule has 2 heterocycles. The molecule has 0 radical (unpaired) electrons. The van der Waals surface area contributed by atoms with E-state index in [1.165, 1.54) is 5.57 Å². The monoisotopic (exact) mass is 780 g/mol. The summed E-state index contributed by atoms with van der Waals surface area (Å²) in [6.07, 6.45) is -3.83. The van der Waals surface area contributed by atoms with Crippen LogP contribution in [-0.2, 0) is 23.7 Å². The summed E-state index contributed by atoms with van der Waals surface area (Å²) in [5, 5.41) is 84.1. The van der Waals surface area contributed by atoms with Crippen LogP contribution in [0.2, 0.25) is 0 Å². The Balaban J connectivity index is 1.17. The first-order valence-electron chi connectivity index (χ1n) is 20.8. The fraction of sp³-hybridized carbons (Fsp3) is 0.929. The Morgan fingerprint density at radius 2 is 1.42 bits per heavy atom. The van der Waals surface area contributed by atoms with Crippen molar-refractivity contribution in [2.24, 2.45) is 50.2 Å². The Bertz CT molecular complexity index is 1490. The van der Waals surface area contributed by atoms with Crippen LogP contribution in [0.25, 0.3) is 0 Å². The van der Waals surface area contributed by atoms with Crippen molar-refractivity contribution in [1.82, 2.24) is 0 Å². The van der Waals surface area contributed by atoms with E-state index in [2.05, 4.69) is 47.6 Å². The molecule has 6 fully saturated rings. The zero-order chi connectivity index (χ0) is 40.3. The maximum atomic E-state index is 14.6. The van der Waals surface area contributed by atoms with Crippen molar-refractivity contribution >= 4 is 5.97 Å². The molecular formula is C42H68O13. The van der Waals surface area contributed by atoms with Crippen molar-refractivity contribution in [2.45, 2.75) is 180 Å². The van der Waals surface area contributed by atoms with Gasteiger partial charge in [-0.1, -0.05) is 53.2 Å². The summed E-state index contributed by atoms with van der Waals surface area (Å²) in [4.78, 5) is 14.6. The van der Waals surface area contributed by atoms with E-state index in [1.54, 1.807) is 6.92 Å². The number of carbonyl (C=O) groups is 1. The topological polar surface area (TPSA) is 216 Å². The molecule has 13 nitrogen and oxygen atoms in total. The lowest BCUT2D eigenvalue weighted by Crippen LogP contribution is -2.67. The van der Waals surface area contributed by atoms with Gasteiger partial charge in [-0.2, -0.15) is 0 Å². The Hall–Kier alpha value is -1.23. The number of rotatable bonds is 6. The van der Waals surface area contributed by atoms with Crippen LogP contribution >= 0.6 is 0 Å². The van der Waals surface area contributed by atoms with Gasteiger partial charge in [0.25, 0.3) is 0 Å². The predicted octanol–water partition coefficient (Wildman–Crippen LogP) is 2.32. The van der Waals surface area contributed by atoms with Crippen LogP contribution in [0.15, 0.2) is 11.6 Å². The van der Waals surface area contributed by atoms with Gasteiger partial charge in [-0.05, 0) is 111 Å². The molecule has 13 heteroatoms. The molecule has 55 heavy (non-hydrogen) atoms. The van der Waals surface area contributed by atoms with E-state index in [4.69, 9.17) is 18.9 Å². The molecule has 0 amide bonds. The lowest BCUT2D eigenvalue weighted by atomic mass is 9.33. The molecule has 5 aliphatic carbocycles. The molecule has 0 bridgehead atoms. The van der Waals surface area contributed by atoms with E-state index in [0.29, 0.717) is 19.3 Å². The summed E-state index contributed by atoms with van der Waals surface area (Å²) in [7, 11) is 0. The third-order valence-electron chi connectivity index (χ3n) is 17.3. The van der Waals surface area contributed by atoms with Crippen LogP contribution in [0.4, 0.5) is 0 Å². The number of ether oxygens (including phenoxy) is 4. The van der Waals surface area contributed by atoms with Gasteiger partial charge < -0.3 is 59.8 Å². The Labute approximate surface area is 325 Å². The number of aliphatic hydroxyl groups excluding tert-OH is 8. The van der Waals surface area contributed by atoms with Crippen molar-refractivity contribution in [2.75, 3.05) is 13.2 Å². The molecule has 2 saturated heterocycles. The van der Waals surface area contributed by atoms with Gasteiger partial charge in [0.15, 0.2) is 6.29 Å². The SMILES string of the molecule is C[C@@H]1O[C@@H](OC2CC[C@@]3(C)[C@@H](CC[C@]4(C)[C@@H]3CC=C3[C@@H]5CC(C)(C)CC[C@]5(C(=O)O[C@@H]5O[C@H](CO)[C@@H](O)[C@H](O)[C@H]5O)CC[C@]34C)[C@]2(C)CO)[C@H](O)[C@H](O)[C@H]1O. The Kier molecular flexibility index (Phi) is 10.8. The van der Waals surface area contributed by atoms with Crippen molar-refractivity contribution in [3.8, 4) is 0 Å². The van der Waals surface area contributed by atoms with Crippen molar-refractivity contribution in [3.63, 3.8) is 0 Å². The van der Waals surface area contributed by atoms with E-state index in [9.17, 15) is 45.6 Å². The van der Waals surface area contributed by atoms with Crippen LogP contribution in [0, 0.1) is 50.2 Å². The van der Waals surface area contributed by atoms with Crippen LogP contribution in [0.5, 0.6) is 0 Å². The number of carbonyl (C=O) groups excluding carboxylic acids is 1. The first-order chi connectivity index (χ1) is 25.6. The number of aliphatic hydroxyl groups is 8. The minimum Gasteiger partial charge on any atom is -0.432 e. The molecule has 0 aromatic carbocycles. The minimum atomic E-state index is -1.66. The fourth-order valence-corrected chi connectivity index (χ4v) is 13.5. The molecule has 7 aliphatic rings. The lowest BCUT2D eigenvalue weighted by Gasteiger charge is -2.71. The first kappa shape index (κ1) is 41.9. The number of esters is 1. The molecule has 314 valence electrons. The zero-order valence-electron chi connectivity index (χ0n) is 33.8. The van der Waals surface area contributed by atoms with Gasteiger partial charge in [0.1, 0.15) is 42.7 Å². The summed E-state index contributed by atoms with van der Waals surface area (Å²) in [6, 6.07) is 0. The predicted molar refractivity (Wildman–Crippen MR) is 198 cm³/mol. The second-order valence-electron chi connectivity index (χ2n) is 20.5. The highest BCUT2D eigenvalue weighted by Gasteiger charge is 2.70. The second-order valence-corrected chi connectivity index (χ2v) is 20.5.